The summed E-state index contributed by atoms with van der Waals surface area (Å²) in [6.07, 6.45) is 1.64. The molecule has 2 aromatic rings. The third kappa shape index (κ3) is 2.35. The van der Waals surface area contributed by atoms with Crippen molar-refractivity contribution in [1.82, 2.24) is 25.1 Å². The van der Waals surface area contributed by atoms with E-state index in [-0.39, 0.29) is 5.91 Å². The number of carbonyl (C=O) groups is 1. The molecule has 0 radical (unpaired) electrons. The topological polar surface area (TPSA) is 98.7 Å². The van der Waals surface area contributed by atoms with Crippen LogP contribution in [0.25, 0.3) is 5.95 Å². The summed E-state index contributed by atoms with van der Waals surface area (Å²) in [6.45, 7) is 2.19. The molecule has 0 aliphatic carbocycles. The molecule has 0 aromatic carbocycles. The van der Waals surface area contributed by atoms with E-state index in [1.165, 1.54) is 4.68 Å². The molecule has 0 fully saturated rings. The number of nitrogens with zero attached hydrogens (tertiary/aromatic N) is 4. The molecule has 0 atom stereocenters. The van der Waals surface area contributed by atoms with E-state index in [1.54, 1.807) is 19.3 Å². The first-order chi connectivity index (χ1) is 8.63. The molecule has 2 heterocycles. The van der Waals surface area contributed by atoms with Gasteiger partial charge in [0.2, 0.25) is 0 Å². The maximum absolute atomic E-state index is 11.4. The van der Waals surface area contributed by atoms with Gasteiger partial charge in [0.15, 0.2) is 5.69 Å². The van der Waals surface area contributed by atoms with Crippen molar-refractivity contribution in [2.75, 3.05) is 7.05 Å². The van der Waals surface area contributed by atoms with Gasteiger partial charge < -0.3 is 11.1 Å². The monoisotopic (exact) mass is 246 g/mol. The predicted octanol–water partition coefficient (Wildman–Crippen LogP) is -0.211. The van der Waals surface area contributed by atoms with Crippen molar-refractivity contribution in [3.8, 4) is 5.95 Å². The third-order valence-corrected chi connectivity index (χ3v) is 2.36. The van der Waals surface area contributed by atoms with Gasteiger partial charge in [0.05, 0.1) is 5.69 Å². The Morgan fingerprint density at radius 1 is 1.50 bits per heavy atom. The minimum absolute atomic E-state index is 0.250. The summed E-state index contributed by atoms with van der Waals surface area (Å²) in [5, 5.41) is 6.61. The second-order valence-electron chi connectivity index (χ2n) is 3.73. The summed E-state index contributed by atoms with van der Waals surface area (Å²) < 4.78 is 1.46. The van der Waals surface area contributed by atoms with Crippen LogP contribution in [0.2, 0.25) is 0 Å². The molecule has 7 heteroatoms. The Bertz CT molecular complexity index is 577. The van der Waals surface area contributed by atoms with Gasteiger partial charge in [0, 0.05) is 25.5 Å². The van der Waals surface area contributed by atoms with Crippen LogP contribution in [0.3, 0.4) is 0 Å². The number of nitrogens with one attached hydrogen (secondary N) is 1. The lowest BCUT2D eigenvalue weighted by molar-refractivity contribution is 0.0957. The zero-order valence-corrected chi connectivity index (χ0v) is 10.2. The van der Waals surface area contributed by atoms with Crippen LogP contribution in [0.15, 0.2) is 18.3 Å². The van der Waals surface area contributed by atoms with Crippen LogP contribution in [0, 0.1) is 6.92 Å². The molecule has 0 spiro atoms. The van der Waals surface area contributed by atoms with E-state index >= 15 is 0 Å². The lowest BCUT2D eigenvalue weighted by Crippen LogP contribution is -2.19. The number of aromatic nitrogens is 4. The Balaban J connectivity index is 2.39. The molecule has 1 amide bonds. The summed E-state index contributed by atoms with van der Waals surface area (Å²) in [6, 6.07) is 3.42. The summed E-state index contributed by atoms with van der Waals surface area (Å²) in [7, 11) is 1.55. The van der Waals surface area contributed by atoms with Crippen LogP contribution in [-0.4, -0.2) is 32.7 Å². The molecule has 0 saturated carbocycles. The van der Waals surface area contributed by atoms with E-state index in [4.69, 9.17) is 5.73 Å². The van der Waals surface area contributed by atoms with Crippen molar-refractivity contribution >= 4 is 5.91 Å². The maximum Gasteiger partial charge on any atom is 0.271 e. The van der Waals surface area contributed by atoms with Gasteiger partial charge in [-0.25, -0.2) is 14.6 Å². The SMILES string of the molecule is CNC(=O)c1ccn(-c2nc(C)cc(CN)n2)n1. The Kier molecular flexibility index (Phi) is 3.33. The Morgan fingerprint density at radius 2 is 2.28 bits per heavy atom. The van der Waals surface area contributed by atoms with Gasteiger partial charge >= 0.3 is 0 Å². The smallest absolute Gasteiger partial charge is 0.271 e. The van der Waals surface area contributed by atoms with Crippen LogP contribution in [0.1, 0.15) is 21.9 Å². The second kappa shape index (κ2) is 4.92. The quantitative estimate of drug-likeness (QED) is 0.780. The largest absolute Gasteiger partial charge is 0.354 e. The molecule has 2 aromatic heterocycles. The van der Waals surface area contributed by atoms with Crippen molar-refractivity contribution in [2.24, 2.45) is 5.73 Å². The number of hydrogen-bond donors (Lipinski definition) is 2. The molecule has 94 valence electrons. The van der Waals surface area contributed by atoms with Crippen LogP contribution >= 0.6 is 0 Å². The van der Waals surface area contributed by atoms with Gasteiger partial charge in [-0.15, -0.1) is 0 Å². The number of carbonyl (C=O) groups excluding carboxylic acids is 1. The van der Waals surface area contributed by atoms with Crippen LogP contribution in [-0.2, 0) is 6.54 Å². The highest BCUT2D eigenvalue weighted by atomic mass is 16.1. The number of rotatable bonds is 3. The van der Waals surface area contributed by atoms with E-state index in [1.807, 2.05) is 13.0 Å². The van der Waals surface area contributed by atoms with Gasteiger partial charge in [-0.1, -0.05) is 0 Å². The molecule has 0 aliphatic rings. The molecule has 2 rings (SSSR count). The first-order valence-corrected chi connectivity index (χ1v) is 5.47. The lowest BCUT2D eigenvalue weighted by Gasteiger charge is -2.03. The van der Waals surface area contributed by atoms with Gasteiger partial charge in [0.1, 0.15) is 0 Å². The summed E-state index contributed by atoms with van der Waals surface area (Å²) in [4.78, 5) is 19.9. The molecule has 0 bridgehead atoms. The van der Waals surface area contributed by atoms with E-state index in [0.29, 0.717) is 18.2 Å². The second-order valence-corrected chi connectivity index (χ2v) is 3.73. The molecule has 0 unspecified atom stereocenters. The fourth-order valence-corrected chi connectivity index (χ4v) is 1.51. The molecule has 0 saturated heterocycles. The van der Waals surface area contributed by atoms with Gasteiger partial charge in [0.25, 0.3) is 11.9 Å². The predicted molar refractivity (Wildman–Crippen MR) is 65.2 cm³/mol. The highest BCUT2D eigenvalue weighted by Crippen LogP contribution is 2.05. The number of aryl methyl sites for hydroxylation is 1. The van der Waals surface area contributed by atoms with E-state index < -0.39 is 0 Å². The van der Waals surface area contributed by atoms with E-state index in [2.05, 4.69) is 20.4 Å². The maximum atomic E-state index is 11.4. The normalized spacial score (nSPS) is 10.4. The average Bonchev–Trinajstić information content (AvgIpc) is 2.86. The van der Waals surface area contributed by atoms with Crippen molar-refractivity contribution in [2.45, 2.75) is 13.5 Å². The Hall–Kier alpha value is -2.28. The summed E-state index contributed by atoms with van der Waals surface area (Å²) in [5.41, 5.74) is 7.41. The van der Waals surface area contributed by atoms with Crippen LogP contribution in [0.4, 0.5) is 0 Å². The van der Waals surface area contributed by atoms with Crippen LogP contribution in [0.5, 0.6) is 0 Å². The molecular formula is C11H14N6O. The summed E-state index contributed by atoms with van der Waals surface area (Å²) in [5.74, 6) is 0.158. The lowest BCUT2D eigenvalue weighted by atomic mass is 10.3. The third-order valence-electron chi connectivity index (χ3n) is 2.36. The molecule has 3 N–H and O–H groups in total. The van der Waals surface area contributed by atoms with Gasteiger partial charge in [-0.05, 0) is 19.1 Å². The van der Waals surface area contributed by atoms with Crippen molar-refractivity contribution in [3.63, 3.8) is 0 Å². The molecular weight excluding hydrogens is 232 g/mol. The number of amides is 1. The average molecular weight is 246 g/mol. The van der Waals surface area contributed by atoms with E-state index in [0.717, 1.165) is 11.4 Å². The zero-order chi connectivity index (χ0) is 13.1. The van der Waals surface area contributed by atoms with E-state index in [9.17, 15) is 4.79 Å². The molecule has 18 heavy (non-hydrogen) atoms. The minimum Gasteiger partial charge on any atom is -0.354 e. The standard InChI is InChI=1S/C11H14N6O/c1-7-5-8(6-12)15-11(14-7)17-4-3-9(16-17)10(18)13-2/h3-5H,6,12H2,1-2H3,(H,13,18). The van der Waals surface area contributed by atoms with Gasteiger partial charge in [-0.2, -0.15) is 5.10 Å². The first-order valence-electron chi connectivity index (χ1n) is 5.47. The minimum atomic E-state index is -0.250. The van der Waals surface area contributed by atoms with Crippen molar-refractivity contribution in [1.29, 1.82) is 0 Å². The first kappa shape index (κ1) is 12.2. The summed E-state index contributed by atoms with van der Waals surface area (Å²) >= 11 is 0. The fraction of sp³-hybridized carbons (Fsp3) is 0.273. The number of hydrogen-bond acceptors (Lipinski definition) is 5. The fourth-order valence-electron chi connectivity index (χ4n) is 1.51. The Morgan fingerprint density at radius 3 is 2.94 bits per heavy atom. The molecule has 0 aliphatic heterocycles. The Labute approximate surface area is 104 Å². The number of nitrogens with two attached hydrogens (primary N) is 1. The highest BCUT2D eigenvalue weighted by Gasteiger charge is 2.10. The van der Waals surface area contributed by atoms with Gasteiger partial charge in [-0.3, -0.25) is 4.79 Å². The highest BCUT2D eigenvalue weighted by molar-refractivity contribution is 5.91. The zero-order valence-electron chi connectivity index (χ0n) is 10.2. The van der Waals surface area contributed by atoms with Crippen molar-refractivity contribution < 1.29 is 4.79 Å². The van der Waals surface area contributed by atoms with Crippen molar-refractivity contribution in [3.05, 3.63) is 35.4 Å². The molecule has 7 nitrogen and oxygen atoms in total. The van der Waals surface area contributed by atoms with Crippen LogP contribution < -0.4 is 11.1 Å².